The Hall–Kier alpha value is -2.54. The molecule has 0 unspecified atom stereocenters. The number of benzene rings is 1. The molecule has 0 atom stereocenters. The number of alkyl carbamates (subject to hydrolysis) is 1. The number of ether oxygens (including phenoxy) is 1. The fourth-order valence-electron chi connectivity index (χ4n) is 3.01. The normalized spacial score (nSPS) is 15.1. The summed E-state index contributed by atoms with van der Waals surface area (Å²) in [6.07, 6.45) is 3.65. The van der Waals surface area contributed by atoms with Crippen molar-refractivity contribution < 1.29 is 19.1 Å². The van der Waals surface area contributed by atoms with E-state index in [0.717, 1.165) is 5.56 Å². The molecule has 1 saturated heterocycles. The van der Waals surface area contributed by atoms with Crippen LogP contribution in [0, 0.1) is 0 Å². The van der Waals surface area contributed by atoms with Gasteiger partial charge in [-0.3, -0.25) is 9.59 Å². The Labute approximate surface area is 183 Å². The highest BCUT2D eigenvalue weighted by Crippen LogP contribution is 2.13. The van der Waals surface area contributed by atoms with Gasteiger partial charge in [-0.1, -0.05) is 23.7 Å². The Morgan fingerprint density at radius 2 is 1.83 bits per heavy atom. The van der Waals surface area contributed by atoms with Crippen molar-refractivity contribution in [3.8, 4) is 0 Å². The fourth-order valence-corrected chi connectivity index (χ4v) is 3.21. The van der Waals surface area contributed by atoms with E-state index in [-0.39, 0.29) is 24.8 Å². The van der Waals surface area contributed by atoms with Crippen molar-refractivity contribution in [1.82, 2.24) is 15.1 Å². The van der Waals surface area contributed by atoms with Crippen LogP contribution in [0.4, 0.5) is 4.79 Å². The van der Waals surface area contributed by atoms with Gasteiger partial charge in [-0.15, -0.1) is 0 Å². The third kappa shape index (κ3) is 8.45. The van der Waals surface area contributed by atoms with Crippen molar-refractivity contribution in [3.05, 3.63) is 40.9 Å². The Balaban J connectivity index is 1.77. The van der Waals surface area contributed by atoms with Crippen molar-refractivity contribution >= 4 is 35.6 Å². The number of nitrogens with one attached hydrogen (secondary N) is 1. The van der Waals surface area contributed by atoms with Gasteiger partial charge in [-0.05, 0) is 51.0 Å². The van der Waals surface area contributed by atoms with Gasteiger partial charge in [0.2, 0.25) is 11.8 Å². The first kappa shape index (κ1) is 23.7. The average molecular weight is 436 g/mol. The quantitative estimate of drug-likeness (QED) is 0.719. The standard InChI is InChI=1S/C22H30ClN3O4/c1-22(2,3)30-21(29)24-11-10-20(28)26-13-5-12-25(14-15-26)19(27)9-8-17-6-4-7-18(23)16-17/h4,6-9,16H,5,10-15H2,1-3H3,(H,24,29)/b9-8+. The molecule has 0 aliphatic carbocycles. The van der Waals surface area contributed by atoms with Crippen molar-refractivity contribution in [2.24, 2.45) is 0 Å². The maximum absolute atomic E-state index is 12.5. The van der Waals surface area contributed by atoms with Gasteiger partial charge < -0.3 is 19.9 Å². The van der Waals surface area contributed by atoms with Crippen LogP contribution in [0.5, 0.6) is 0 Å². The third-order valence-electron chi connectivity index (χ3n) is 4.43. The molecular weight excluding hydrogens is 406 g/mol. The van der Waals surface area contributed by atoms with Gasteiger partial charge in [0.05, 0.1) is 0 Å². The molecule has 1 aromatic carbocycles. The van der Waals surface area contributed by atoms with E-state index in [9.17, 15) is 14.4 Å². The van der Waals surface area contributed by atoms with E-state index in [1.807, 2.05) is 12.1 Å². The Kier molecular flexibility index (Phi) is 8.72. The van der Waals surface area contributed by atoms with Crippen molar-refractivity contribution in [2.75, 3.05) is 32.7 Å². The second kappa shape index (κ2) is 11.0. The molecule has 1 aliphatic heterocycles. The van der Waals surface area contributed by atoms with Crippen LogP contribution < -0.4 is 5.32 Å². The molecule has 3 amide bonds. The molecule has 0 aromatic heterocycles. The molecule has 0 spiro atoms. The van der Waals surface area contributed by atoms with Crippen LogP contribution in [-0.4, -0.2) is 66.0 Å². The summed E-state index contributed by atoms with van der Waals surface area (Å²) in [5.41, 5.74) is 0.288. The van der Waals surface area contributed by atoms with Gasteiger partial charge in [0, 0.05) is 50.2 Å². The summed E-state index contributed by atoms with van der Waals surface area (Å²) in [4.78, 5) is 40.1. The van der Waals surface area contributed by atoms with Crippen LogP contribution in [0.3, 0.4) is 0 Å². The smallest absolute Gasteiger partial charge is 0.407 e. The van der Waals surface area contributed by atoms with E-state index in [4.69, 9.17) is 16.3 Å². The van der Waals surface area contributed by atoms with E-state index in [1.54, 1.807) is 48.8 Å². The molecule has 1 aromatic rings. The zero-order valence-corrected chi connectivity index (χ0v) is 18.6. The zero-order valence-electron chi connectivity index (χ0n) is 17.8. The Morgan fingerprint density at radius 1 is 1.13 bits per heavy atom. The topological polar surface area (TPSA) is 79.0 Å². The summed E-state index contributed by atoms with van der Waals surface area (Å²) in [5.74, 6) is -0.134. The minimum Gasteiger partial charge on any atom is -0.444 e. The summed E-state index contributed by atoms with van der Waals surface area (Å²) < 4.78 is 5.15. The molecule has 0 bridgehead atoms. The molecule has 7 nitrogen and oxygen atoms in total. The van der Waals surface area contributed by atoms with Crippen LogP contribution in [0.2, 0.25) is 5.02 Å². The first-order chi connectivity index (χ1) is 14.1. The predicted octanol–water partition coefficient (Wildman–Crippen LogP) is 3.33. The lowest BCUT2D eigenvalue weighted by Gasteiger charge is -2.22. The Morgan fingerprint density at radius 3 is 2.53 bits per heavy atom. The maximum Gasteiger partial charge on any atom is 0.407 e. The lowest BCUT2D eigenvalue weighted by molar-refractivity contribution is -0.131. The molecule has 8 heteroatoms. The molecule has 1 heterocycles. The number of hydrogen-bond acceptors (Lipinski definition) is 4. The second-order valence-corrected chi connectivity index (χ2v) is 8.56. The number of carbonyl (C=O) groups excluding carboxylic acids is 3. The molecule has 30 heavy (non-hydrogen) atoms. The summed E-state index contributed by atoms with van der Waals surface area (Å²) in [6.45, 7) is 7.71. The molecule has 164 valence electrons. The van der Waals surface area contributed by atoms with Crippen LogP contribution in [-0.2, 0) is 14.3 Å². The van der Waals surface area contributed by atoms with E-state index in [0.29, 0.717) is 37.6 Å². The largest absolute Gasteiger partial charge is 0.444 e. The molecular formula is C22H30ClN3O4. The number of nitrogens with zero attached hydrogens (tertiary/aromatic N) is 2. The van der Waals surface area contributed by atoms with Gasteiger partial charge in [-0.2, -0.15) is 0 Å². The van der Waals surface area contributed by atoms with E-state index in [2.05, 4.69) is 5.32 Å². The lowest BCUT2D eigenvalue weighted by Crippen LogP contribution is -2.39. The van der Waals surface area contributed by atoms with Crippen LogP contribution in [0.1, 0.15) is 39.2 Å². The second-order valence-electron chi connectivity index (χ2n) is 8.13. The molecule has 1 aliphatic rings. The van der Waals surface area contributed by atoms with Gasteiger partial charge in [-0.25, -0.2) is 4.79 Å². The average Bonchev–Trinajstić information content (AvgIpc) is 2.91. The highest BCUT2D eigenvalue weighted by molar-refractivity contribution is 6.30. The molecule has 1 fully saturated rings. The highest BCUT2D eigenvalue weighted by Gasteiger charge is 2.21. The van der Waals surface area contributed by atoms with Crippen molar-refractivity contribution in [3.63, 3.8) is 0 Å². The molecule has 0 radical (unpaired) electrons. The monoisotopic (exact) mass is 435 g/mol. The van der Waals surface area contributed by atoms with Gasteiger partial charge in [0.15, 0.2) is 0 Å². The summed E-state index contributed by atoms with van der Waals surface area (Å²) in [6, 6.07) is 7.28. The summed E-state index contributed by atoms with van der Waals surface area (Å²) in [5, 5.41) is 3.22. The minimum atomic E-state index is -0.573. The lowest BCUT2D eigenvalue weighted by atomic mass is 10.2. The fraction of sp³-hybridized carbons (Fsp3) is 0.500. The number of amides is 3. The first-order valence-corrected chi connectivity index (χ1v) is 10.5. The molecule has 1 N–H and O–H groups in total. The number of carbonyl (C=O) groups is 3. The first-order valence-electron chi connectivity index (χ1n) is 10.1. The number of rotatable bonds is 5. The maximum atomic E-state index is 12.5. The van der Waals surface area contributed by atoms with Crippen LogP contribution in [0.25, 0.3) is 6.08 Å². The van der Waals surface area contributed by atoms with Gasteiger partial charge in [0.25, 0.3) is 0 Å². The summed E-state index contributed by atoms with van der Waals surface area (Å²) in [7, 11) is 0. The third-order valence-corrected chi connectivity index (χ3v) is 4.67. The highest BCUT2D eigenvalue weighted by atomic mass is 35.5. The van der Waals surface area contributed by atoms with E-state index >= 15 is 0 Å². The van der Waals surface area contributed by atoms with Gasteiger partial charge >= 0.3 is 6.09 Å². The number of hydrogen-bond donors (Lipinski definition) is 1. The van der Waals surface area contributed by atoms with Crippen molar-refractivity contribution in [2.45, 2.75) is 39.2 Å². The minimum absolute atomic E-state index is 0.0465. The Bertz CT molecular complexity index is 789. The van der Waals surface area contributed by atoms with Crippen LogP contribution >= 0.6 is 11.6 Å². The zero-order chi connectivity index (χ0) is 22.1. The van der Waals surface area contributed by atoms with Crippen molar-refractivity contribution in [1.29, 1.82) is 0 Å². The number of halogens is 1. The van der Waals surface area contributed by atoms with E-state index in [1.165, 1.54) is 6.08 Å². The molecule has 0 saturated carbocycles. The summed E-state index contributed by atoms with van der Waals surface area (Å²) >= 11 is 5.96. The predicted molar refractivity (Wildman–Crippen MR) is 117 cm³/mol. The van der Waals surface area contributed by atoms with E-state index < -0.39 is 11.7 Å². The van der Waals surface area contributed by atoms with Crippen LogP contribution in [0.15, 0.2) is 30.3 Å². The SMILES string of the molecule is CC(C)(C)OC(=O)NCCC(=O)N1CCCN(C(=O)/C=C/c2cccc(Cl)c2)CC1. The molecule has 2 rings (SSSR count). The van der Waals surface area contributed by atoms with Gasteiger partial charge in [0.1, 0.15) is 5.60 Å².